The van der Waals surface area contributed by atoms with Gasteiger partial charge in [0.05, 0.1) is 11.4 Å². The Hall–Kier alpha value is -2.84. The summed E-state index contributed by atoms with van der Waals surface area (Å²) in [6, 6.07) is 23.8. The van der Waals surface area contributed by atoms with E-state index in [0.717, 1.165) is 34.2 Å². The Bertz CT molecular complexity index is 1170. The number of aromatic nitrogens is 3. The van der Waals surface area contributed by atoms with E-state index in [1.807, 2.05) is 48.8 Å². The van der Waals surface area contributed by atoms with Gasteiger partial charge in [-0.05, 0) is 63.7 Å². The summed E-state index contributed by atoms with van der Waals surface area (Å²) in [5, 5.41) is 3.39. The Morgan fingerprint density at radius 3 is 1.91 bits per heavy atom. The number of benzene rings is 1. The molecule has 1 aromatic carbocycles. The summed E-state index contributed by atoms with van der Waals surface area (Å²) in [5.41, 5.74) is 7.01. The van der Waals surface area contributed by atoms with E-state index >= 15 is 0 Å². The molecule has 0 spiro atoms. The molecule has 4 aromatic rings. The molecular weight excluding hydrogens is 599 g/mol. The molecule has 0 fully saturated rings. The number of nitrogens with zero attached hydrogens (tertiary/aromatic N) is 3. The molecule has 3 heterocycles. The molecule has 0 saturated carbocycles. The average molecular weight is 631 g/mol. The fraction of sp³-hybridized carbons (Fsp3) is 0.276. The van der Waals surface area contributed by atoms with Crippen LogP contribution >= 0.6 is 0 Å². The Morgan fingerprint density at radius 1 is 0.676 bits per heavy atom. The second-order valence-electron chi connectivity index (χ2n) is 10.4. The standard InChI is InChI=1S/C29H31N4.Pt/c1-28(2,3)21-13-15-30-25(18-21)20-9-7-10-23(17-20)32-27-12-8-11-24(33-27)26-19-22(14-16-31-26)29(4,5)6;/h7-16,18-19H,1-6H3,(H,32,33);/q-1;. The minimum absolute atomic E-state index is 0. The summed E-state index contributed by atoms with van der Waals surface area (Å²) in [5.74, 6) is 0.750. The van der Waals surface area contributed by atoms with Gasteiger partial charge in [-0.3, -0.25) is 4.98 Å². The van der Waals surface area contributed by atoms with Gasteiger partial charge in [0.1, 0.15) is 5.82 Å². The van der Waals surface area contributed by atoms with Gasteiger partial charge < -0.3 is 10.3 Å². The molecular formula is C29H31N4Pt-. The molecule has 178 valence electrons. The van der Waals surface area contributed by atoms with Crippen LogP contribution in [0.5, 0.6) is 0 Å². The van der Waals surface area contributed by atoms with Gasteiger partial charge in [-0.15, -0.1) is 29.8 Å². The second kappa shape index (κ2) is 10.2. The van der Waals surface area contributed by atoms with E-state index in [4.69, 9.17) is 4.98 Å². The van der Waals surface area contributed by atoms with Gasteiger partial charge in [-0.1, -0.05) is 53.7 Å². The van der Waals surface area contributed by atoms with E-state index < -0.39 is 0 Å². The molecule has 0 atom stereocenters. The smallest absolute Gasteiger partial charge is 0.129 e. The van der Waals surface area contributed by atoms with Crippen molar-refractivity contribution in [1.82, 2.24) is 15.0 Å². The normalized spacial score (nSPS) is 11.6. The maximum absolute atomic E-state index is 4.80. The minimum Gasteiger partial charge on any atom is -0.358 e. The first kappa shape index (κ1) is 25.8. The van der Waals surface area contributed by atoms with Crippen molar-refractivity contribution >= 4 is 11.5 Å². The zero-order valence-corrected chi connectivity index (χ0v) is 22.9. The van der Waals surface area contributed by atoms with Crippen LogP contribution in [0, 0.1) is 6.07 Å². The van der Waals surface area contributed by atoms with Crippen LogP contribution in [0.1, 0.15) is 52.7 Å². The van der Waals surface area contributed by atoms with Crippen LogP contribution in [0.3, 0.4) is 0 Å². The molecule has 0 radical (unpaired) electrons. The first-order valence-corrected chi connectivity index (χ1v) is 11.3. The molecule has 4 nitrogen and oxygen atoms in total. The third-order valence-corrected chi connectivity index (χ3v) is 5.60. The van der Waals surface area contributed by atoms with Crippen LogP contribution in [0.25, 0.3) is 22.6 Å². The van der Waals surface area contributed by atoms with Gasteiger partial charge in [0, 0.05) is 33.5 Å². The number of anilines is 2. The van der Waals surface area contributed by atoms with Crippen molar-refractivity contribution in [3.05, 3.63) is 90.3 Å². The maximum Gasteiger partial charge on any atom is 0.129 e. The zero-order chi connectivity index (χ0) is 23.6. The second-order valence-corrected chi connectivity index (χ2v) is 10.4. The largest absolute Gasteiger partial charge is 0.358 e. The quantitative estimate of drug-likeness (QED) is 0.240. The van der Waals surface area contributed by atoms with Crippen LogP contribution in [-0.4, -0.2) is 15.0 Å². The maximum atomic E-state index is 4.80. The summed E-state index contributed by atoms with van der Waals surface area (Å²) >= 11 is 0. The van der Waals surface area contributed by atoms with Gasteiger partial charge in [0.2, 0.25) is 0 Å². The molecule has 0 aliphatic rings. The Kier molecular flexibility index (Phi) is 7.73. The Balaban J connectivity index is 0.00000324. The third kappa shape index (κ3) is 6.18. The van der Waals surface area contributed by atoms with Crippen LogP contribution < -0.4 is 5.32 Å². The van der Waals surface area contributed by atoms with Crippen LogP contribution in [0.4, 0.5) is 11.5 Å². The number of hydrogen-bond acceptors (Lipinski definition) is 4. The summed E-state index contributed by atoms with van der Waals surface area (Å²) in [7, 11) is 0. The Morgan fingerprint density at radius 2 is 1.26 bits per heavy atom. The van der Waals surface area contributed by atoms with E-state index in [2.05, 4.69) is 87.2 Å². The van der Waals surface area contributed by atoms with E-state index in [-0.39, 0.29) is 31.9 Å². The zero-order valence-electron chi connectivity index (χ0n) is 20.6. The van der Waals surface area contributed by atoms with Crippen molar-refractivity contribution in [2.24, 2.45) is 0 Å². The minimum atomic E-state index is 0. The number of pyridine rings is 3. The summed E-state index contributed by atoms with van der Waals surface area (Å²) < 4.78 is 0. The third-order valence-electron chi connectivity index (χ3n) is 5.60. The van der Waals surface area contributed by atoms with Crippen LogP contribution in [-0.2, 0) is 31.9 Å². The van der Waals surface area contributed by atoms with Crippen molar-refractivity contribution in [2.75, 3.05) is 5.32 Å². The van der Waals surface area contributed by atoms with E-state index in [1.165, 1.54) is 11.1 Å². The molecule has 3 aromatic heterocycles. The predicted molar refractivity (Wildman–Crippen MR) is 137 cm³/mol. The molecule has 0 aliphatic carbocycles. The molecule has 0 amide bonds. The van der Waals surface area contributed by atoms with E-state index in [0.29, 0.717) is 0 Å². The molecule has 4 rings (SSSR count). The van der Waals surface area contributed by atoms with Crippen LogP contribution in [0.15, 0.2) is 73.1 Å². The molecule has 0 aliphatic heterocycles. The molecule has 1 N–H and O–H groups in total. The van der Waals surface area contributed by atoms with Crippen molar-refractivity contribution < 1.29 is 21.1 Å². The van der Waals surface area contributed by atoms with Gasteiger partial charge in [0.15, 0.2) is 0 Å². The summed E-state index contributed by atoms with van der Waals surface area (Å²) in [6.45, 7) is 13.2. The average Bonchev–Trinajstić information content (AvgIpc) is 2.78. The van der Waals surface area contributed by atoms with Crippen molar-refractivity contribution in [2.45, 2.75) is 52.4 Å². The first-order valence-electron chi connectivity index (χ1n) is 11.3. The van der Waals surface area contributed by atoms with Gasteiger partial charge in [-0.2, -0.15) is 0 Å². The summed E-state index contributed by atoms with van der Waals surface area (Å²) in [6.07, 6.45) is 3.72. The van der Waals surface area contributed by atoms with Gasteiger partial charge >= 0.3 is 0 Å². The van der Waals surface area contributed by atoms with Crippen molar-refractivity contribution in [1.29, 1.82) is 0 Å². The molecule has 0 unspecified atom stereocenters. The fourth-order valence-electron chi connectivity index (χ4n) is 3.56. The number of nitrogens with one attached hydrogen (secondary N) is 1. The van der Waals surface area contributed by atoms with E-state index in [9.17, 15) is 0 Å². The topological polar surface area (TPSA) is 50.7 Å². The molecule has 5 heteroatoms. The fourth-order valence-corrected chi connectivity index (χ4v) is 3.56. The van der Waals surface area contributed by atoms with Crippen molar-refractivity contribution in [3.63, 3.8) is 0 Å². The predicted octanol–water partition coefficient (Wildman–Crippen LogP) is 7.34. The van der Waals surface area contributed by atoms with Gasteiger partial charge in [0.25, 0.3) is 0 Å². The van der Waals surface area contributed by atoms with Crippen LogP contribution in [0.2, 0.25) is 0 Å². The summed E-state index contributed by atoms with van der Waals surface area (Å²) in [4.78, 5) is 13.9. The van der Waals surface area contributed by atoms with Crippen molar-refractivity contribution in [3.8, 4) is 22.6 Å². The van der Waals surface area contributed by atoms with E-state index in [1.54, 1.807) is 0 Å². The number of rotatable bonds is 4. The van der Waals surface area contributed by atoms with Gasteiger partial charge in [-0.25, -0.2) is 4.98 Å². The SMILES string of the molecule is CC(C)(C)c1ccnc(-c2[c-]c(Nc3cccc(-c4cc(C(C)(C)C)ccn4)n3)ccc2)c1.[Pt]. The molecule has 0 bridgehead atoms. The first-order chi connectivity index (χ1) is 15.6. The molecule has 0 saturated heterocycles. The molecule has 34 heavy (non-hydrogen) atoms. The monoisotopic (exact) mass is 630 g/mol. The number of hydrogen-bond donors (Lipinski definition) is 1. The Labute approximate surface area is 217 Å².